The van der Waals surface area contributed by atoms with Gasteiger partial charge in [-0.15, -0.1) is 11.3 Å². The Bertz CT molecular complexity index is 479. The van der Waals surface area contributed by atoms with Gasteiger partial charge in [-0.25, -0.2) is 0 Å². The summed E-state index contributed by atoms with van der Waals surface area (Å²) in [6.07, 6.45) is 0. The van der Waals surface area contributed by atoms with Crippen molar-refractivity contribution in [3.05, 3.63) is 52.2 Å². The van der Waals surface area contributed by atoms with Crippen molar-refractivity contribution in [3.63, 3.8) is 0 Å². The molecule has 0 aliphatic carbocycles. The Balaban J connectivity index is 1.88. The number of thiophene rings is 1. The summed E-state index contributed by atoms with van der Waals surface area (Å²) in [5.41, 5.74) is 1.18. The zero-order chi connectivity index (χ0) is 13.7. The predicted octanol–water partition coefficient (Wildman–Crippen LogP) is 2.85. The van der Waals surface area contributed by atoms with Crippen LogP contribution in [0.1, 0.15) is 16.5 Å². The molecule has 0 aliphatic rings. The highest BCUT2D eigenvalue weighted by molar-refractivity contribution is 7.10. The van der Waals surface area contributed by atoms with E-state index in [1.54, 1.807) is 23.5 Å². The Kier molecular flexibility index (Phi) is 4.96. The van der Waals surface area contributed by atoms with Crippen LogP contribution in [0.15, 0.2) is 41.8 Å². The summed E-state index contributed by atoms with van der Waals surface area (Å²) < 4.78 is 0. The van der Waals surface area contributed by atoms with Crippen molar-refractivity contribution in [1.29, 1.82) is 0 Å². The van der Waals surface area contributed by atoms with Gasteiger partial charge >= 0.3 is 0 Å². The predicted molar refractivity (Wildman–Crippen MR) is 80.6 cm³/mol. The van der Waals surface area contributed by atoms with Gasteiger partial charge in [0, 0.05) is 18.0 Å². The molecule has 0 fully saturated rings. The molecule has 102 valence electrons. The Labute approximate surface area is 118 Å². The van der Waals surface area contributed by atoms with Gasteiger partial charge < -0.3 is 15.3 Å². The summed E-state index contributed by atoms with van der Waals surface area (Å²) in [5.74, 6) is 0.313. The average molecular weight is 276 g/mol. The fourth-order valence-corrected chi connectivity index (χ4v) is 2.91. The van der Waals surface area contributed by atoms with Crippen LogP contribution in [0.25, 0.3) is 0 Å². The van der Waals surface area contributed by atoms with Crippen molar-refractivity contribution in [2.24, 2.45) is 0 Å². The van der Waals surface area contributed by atoms with E-state index in [-0.39, 0.29) is 0 Å². The molecule has 0 saturated heterocycles. The smallest absolute Gasteiger partial charge is 0.115 e. The largest absolute Gasteiger partial charge is 0.508 e. The standard InChI is InChI=1S/C15H20N2OS/c1-17(2)14(15-4-3-9-19-15)11-16-10-12-5-7-13(18)8-6-12/h3-9,14,16,18H,10-11H2,1-2H3. The number of aromatic hydroxyl groups is 1. The van der Waals surface area contributed by atoms with Crippen molar-refractivity contribution in [1.82, 2.24) is 10.2 Å². The number of benzene rings is 1. The van der Waals surface area contributed by atoms with Gasteiger partial charge in [-0.1, -0.05) is 18.2 Å². The van der Waals surface area contributed by atoms with Crippen LogP contribution in [0.2, 0.25) is 0 Å². The fourth-order valence-electron chi connectivity index (χ4n) is 1.99. The molecule has 3 nitrogen and oxygen atoms in total. The van der Waals surface area contributed by atoms with E-state index in [2.05, 4.69) is 41.8 Å². The van der Waals surface area contributed by atoms with Crippen LogP contribution in [0.5, 0.6) is 5.75 Å². The molecular weight excluding hydrogens is 256 g/mol. The molecule has 1 atom stereocenters. The third-order valence-electron chi connectivity index (χ3n) is 3.10. The summed E-state index contributed by atoms with van der Waals surface area (Å²) in [5, 5.41) is 14.8. The van der Waals surface area contributed by atoms with E-state index < -0.39 is 0 Å². The summed E-state index contributed by atoms with van der Waals surface area (Å²) in [4.78, 5) is 3.61. The number of nitrogens with one attached hydrogen (secondary N) is 1. The van der Waals surface area contributed by atoms with Crippen LogP contribution in [-0.4, -0.2) is 30.6 Å². The molecule has 0 bridgehead atoms. The first-order chi connectivity index (χ1) is 9.16. The van der Waals surface area contributed by atoms with Crippen LogP contribution >= 0.6 is 11.3 Å². The van der Waals surface area contributed by atoms with E-state index in [0.717, 1.165) is 13.1 Å². The maximum absolute atomic E-state index is 9.24. The maximum Gasteiger partial charge on any atom is 0.115 e. The molecular formula is C15H20N2OS. The van der Waals surface area contributed by atoms with Gasteiger partial charge in [0.1, 0.15) is 5.75 Å². The van der Waals surface area contributed by atoms with Crippen molar-refractivity contribution in [2.75, 3.05) is 20.6 Å². The van der Waals surface area contributed by atoms with E-state index in [0.29, 0.717) is 11.8 Å². The molecule has 0 aliphatic heterocycles. The van der Waals surface area contributed by atoms with E-state index in [4.69, 9.17) is 0 Å². The van der Waals surface area contributed by atoms with Crippen molar-refractivity contribution in [2.45, 2.75) is 12.6 Å². The Morgan fingerprint density at radius 2 is 1.95 bits per heavy atom. The third-order valence-corrected chi connectivity index (χ3v) is 4.07. The Morgan fingerprint density at radius 3 is 2.53 bits per heavy atom. The van der Waals surface area contributed by atoms with Crippen LogP contribution < -0.4 is 5.32 Å². The van der Waals surface area contributed by atoms with Crippen LogP contribution in [0.4, 0.5) is 0 Å². The minimum Gasteiger partial charge on any atom is -0.508 e. The number of hydrogen-bond donors (Lipinski definition) is 2. The monoisotopic (exact) mass is 276 g/mol. The fraction of sp³-hybridized carbons (Fsp3) is 0.333. The highest BCUT2D eigenvalue weighted by Gasteiger charge is 2.14. The first kappa shape index (κ1) is 14.1. The van der Waals surface area contributed by atoms with Gasteiger partial charge in [0.2, 0.25) is 0 Å². The lowest BCUT2D eigenvalue weighted by atomic mass is 10.2. The second-order valence-electron chi connectivity index (χ2n) is 4.79. The molecule has 0 spiro atoms. The van der Waals surface area contributed by atoms with E-state index in [1.165, 1.54) is 10.4 Å². The van der Waals surface area contributed by atoms with E-state index in [1.807, 2.05) is 12.1 Å². The molecule has 0 amide bonds. The number of phenolic OH excluding ortho intramolecular Hbond substituents is 1. The first-order valence-electron chi connectivity index (χ1n) is 6.35. The molecule has 2 N–H and O–H groups in total. The van der Waals surface area contributed by atoms with Crippen molar-refractivity contribution < 1.29 is 5.11 Å². The lowest BCUT2D eigenvalue weighted by Gasteiger charge is -2.23. The maximum atomic E-state index is 9.24. The average Bonchev–Trinajstić information content (AvgIpc) is 2.90. The topological polar surface area (TPSA) is 35.5 Å². The Morgan fingerprint density at radius 1 is 1.21 bits per heavy atom. The molecule has 2 rings (SSSR count). The molecule has 4 heteroatoms. The highest BCUT2D eigenvalue weighted by atomic mass is 32.1. The number of hydrogen-bond acceptors (Lipinski definition) is 4. The van der Waals surface area contributed by atoms with Gasteiger partial charge in [0.15, 0.2) is 0 Å². The highest BCUT2D eigenvalue weighted by Crippen LogP contribution is 2.22. The summed E-state index contributed by atoms with van der Waals surface area (Å²) in [6, 6.07) is 12.0. The molecule has 1 aromatic carbocycles. The summed E-state index contributed by atoms with van der Waals surface area (Å²) in [7, 11) is 4.21. The second kappa shape index (κ2) is 6.70. The molecule has 19 heavy (non-hydrogen) atoms. The normalized spacial score (nSPS) is 12.8. The molecule has 1 unspecified atom stereocenters. The van der Waals surface area contributed by atoms with Crippen molar-refractivity contribution in [3.8, 4) is 5.75 Å². The molecule has 1 aromatic heterocycles. The summed E-state index contributed by atoms with van der Waals surface area (Å²) in [6.45, 7) is 1.73. The van der Waals surface area contributed by atoms with Gasteiger partial charge in [0.25, 0.3) is 0 Å². The zero-order valence-electron chi connectivity index (χ0n) is 11.3. The quantitative estimate of drug-likeness (QED) is 0.851. The molecule has 0 radical (unpaired) electrons. The van der Waals surface area contributed by atoms with Gasteiger partial charge in [-0.05, 0) is 43.2 Å². The lowest BCUT2D eigenvalue weighted by Crippen LogP contribution is -2.30. The molecule has 0 saturated carbocycles. The zero-order valence-corrected chi connectivity index (χ0v) is 12.2. The first-order valence-corrected chi connectivity index (χ1v) is 7.23. The number of likely N-dealkylation sites (N-methyl/N-ethyl adjacent to an activating group) is 1. The van der Waals surface area contributed by atoms with Gasteiger partial charge in [0.05, 0.1) is 6.04 Å². The minimum absolute atomic E-state index is 0.313. The number of nitrogens with zero attached hydrogens (tertiary/aromatic N) is 1. The van der Waals surface area contributed by atoms with Gasteiger partial charge in [-0.2, -0.15) is 0 Å². The lowest BCUT2D eigenvalue weighted by molar-refractivity contribution is 0.292. The Hall–Kier alpha value is -1.36. The van der Waals surface area contributed by atoms with Crippen LogP contribution in [0, 0.1) is 0 Å². The second-order valence-corrected chi connectivity index (χ2v) is 5.77. The van der Waals surface area contributed by atoms with Crippen molar-refractivity contribution >= 4 is 11.3 Å². The van der Waals surface area contributed by atoms with Gasteiger partial charge in [-0.3, -0.25) is 0 Å². The SMILES string of the molecule is CN(C)C(CNCc1ccc(O)cc1)c1cccs1. The van der Waals surface area contributed by atoms with Crippen LogP contribution in [0.3, 0.4) is 0 Å². The molecule has 2 aromatic rings. The van der Waals surface area contributed by atoms with E-state index >= 15 is 0 Å². The minimum atomic E-state index is 0.313. The number of rotatable bonds is 6. The third kappa shape index (κ3) is 4.06. The summed E-state index contributed by atoms with van der Waals surface area (Å²) >= 11 is 1.79. The molecule has 1 heterocycles. The van der Waals surface area contributed by atoms with Crippen LogP contribution in [-0.2, 0) is 6.54 Å². The van der Waals surface area contributed by atoms with E-state index in [9.17, 15) is 5.11 Å². The number of phenols is 1.